The van der Waals surface area contributed by atoms with Crippen LogP contribution in [0.25, 0.3) is 0 Å². The Balaban J connectivity index is 2.19. The highest BCUT2D eigenvalue weighted by Gasteiger charge is 2.49. The van der Waals surface area contributed by atoms with Crippen LogP contribution in [0.3, 0.4) is 0 Å². The lowest BCUT2D eigenvalue weighted by Crippen LogP contribution is -2.57. The van der Waals surface area contributed by atoms with Crippen molar-refractivity contribution < 1.29 is 14.9 Å². The van der Waals surface area contributed by atoms with Crippen LogP contribution < -0.4 is 0 Å². The van der Waals surface area contributed by atoms with E-state index in [2.05, 4.69) is 0 Å². The maximum atomic E-state index is 9.54. The monoisotopic (exact) mass is 158 g/mol. The van der Waals surface area contributed by atoms with Crippen molar-refractivity contribution in [2.24, 2.45) is 5.92 Å². The van der Waals surface area contributed by atoms with Gasteiger partial charge < -0.3 is 14.9 Å². The van der Waals surface area contributed by atoms with E-state index >= 15 is 0 Å². The molecule has 0 aromatic heterocycles. The Morgan fingerprint density at radius 2 is 2.18 bits per heavy atom. The average molecular weight is 158 g/mol. The van der Waals surface area contributed by atoms with Crippen molar-refractivity contribution >= 4 is 0 Å². The van der Waals surface area contributed by atoms with E-state index in [1.165, 1.54) is 0 Å². The topological polar surface area (TPSA) is 49.7 Å². The smallest absolute Gasteiger partial charge is 0.158 e. The average Bonchev–Trinajstić information content (AvgIpc) is 1.92. The summed E-state index contributed by atoms with van der Waals surface area (Å²) in [5.74, 6) is 0.159. The summed E-state index contributed by atoms with van der Waals surface area (Å²) < 4.78 is 5.29. The van der Waals surface area contributed by atoms with Crippen LogP contribution in [0.4, 0.5) is 0 Å². The largest absolute Gasteiger partial charge is 0.390 e. The maximum absolute atomic E-state index is 9.54. The second-order valence-corrected chi connectivity index (χ2v) is 3.87. The summed E-state index contributed by atoms with van der Waals surface area (Å²) in [5, 5.41) is 18.9. The molecule has 3 heteroatoms. The van der Waals surface area contributed by atoms with Gasteiger partial charge in [-0.3, -0.25) is 0 Å². The van der Waals surface area contributed by atoms with Crippen molar-refractivity contribution in [2.75, 3.05) is 0 Å². The molecule has 3 aliphatic rings. The lowest BCUT2D eigenvalue weighted by atomic mass is 9.74. The second-order valence-electron chi connectivity index (χ2n) is 3.87. The molecule has 0 amide bonds. The van der Waals surface area contributed by atoms with Crippen LogP contribution in [0.5, 0.6) is 0 Å². The van der Waals surface area contributed by atoms with Gasteiger partial charge in [-0.05, 0) is 26.2 Å². The van der Waals surface area contributed by atoms with Gasteiger partial charge in [0.2, 0.25) is 0 Å². The molecule has 0 aromatic rings. The van der Waals surface area contributed by atoms with Crippen LogP contribution >= 0.6 is 0 Å². The molecular formula is C8H14O3. The van der Waals surface area contributed by atoms with E-state index in [0.29, 0.717) is 6.42 Å². The Kier molecular flexibility index (Phi) is 1.50. The fourth-order valence-corrected chi connectivity index (χ4v) is 2.06. The zero-order valence-electron chi connectivity index (χ0n) is 6.66. The fraction of sp³-hybridized carbons (Fsp3) is 1.00. The van der Waals surface area contributed by atoms with Crippen LogP contribution in [0.2, 0.25) is 0 Å². The molecule has 0 radical (unpaired) electrons. The van der Waals surface area contributed by atoms with Crippen molar-refractivity contribution in [2.45, 2.75) is 44.2 Å². The standard InChI is InChI=1S/C8H14O3/c1-8-3-2-5(4-6(8)9)7(10)11-8/h5-7,9-10H,2-4H2,1H3. The van der Waals surface area contributed by atoms with Gasteiger partial charge in [-0.1, -0.05) is 0 Å². The van der Waals surface area contributed by atoms with Gasteiger partial charge in [0.15, 0.2) is 6.29 Å². The van der Waals surface area contributed by atoms with E-state index in [-0.39, 0.29) is 12.0 Å². The van der Waals surface area contributed by atoms with Crippen LogP contribution in [-0.4, -0.2) is 28.2 Å². The van der Waals surface area contributed by atoms with Crippen LogP contribution in [0.15, 0.2) is 0 Å². The number of aliphatic hydroxyl groups is 2. The minimum absolute atomic E-state index is 0.159. The van der Waals surface area contributed by atoms with E-state index in [1.807, 2.05) is 6.92 Å². The number of hydrogen-bond donors (Lipinski definition) is 2. The Morgan fingerprint density at radius 1 is 1.45 bits per heavy atom. The fourth-order valence-electron chi connectivity index (χ4n) is 2.06. The van der Waals surface area contributed by atoms with Crippen LogP contribution in [-0.2, 0) is 4.74 Å². The molecular weight excluding hydrogens is 144 g/mol. The number of fused-ring (bicyclic) bond motifs is 3. The van der Waals surface area contributed by atoms with Gasteiger partial charge in [0.05, 0.1) is 11.7 Å². The molecule has 3 fully saturated rings. The molecule has 1 saturated carbocycles. The highest BCUT2D eigenvalue weighted by Crippen LogP contribution is 2.43. The van der Waals surface area contributed by atoms with E-state index < -0.39 is 11.9 Å². The lowest BCUT2D eigenvalue weighted by molar-refractivity contribution is -0.298. The molecule has 3 nitrogen and oxygen atoms in total. The molecule has 3 rings (SSSR count). The third-order valence-corrected chi connectivity index (χ3v) is 3.04. The predicted octanol–water partition coefficient (Wildman–Crippen LogP) is 0.255. The molecule has 0 aromatic carbocycles. The molecule has 2 heterocycles. The molecule has 2 aliphatic heterocycles. The summed E-state index contributed by atoms with van der Waals surface area (Å²) in [6.45, 7) is 1.87. The quantitative estimate of drug-likeness (QED) is 0.531. The van der Waals surface area contributed by atoms with Gasteiger partial charge in [-0.25, -0.2) is 0 Å². The first-order valence-corrected chi connectivity index (χ1v) is 4.16. The molecule has 11 heavy (non-hydrogen) atoms. The zero-order chi connectivity index (χ0) is 8.06. The third kappa shape index (κ3) is 0.991. The third-order valence-electron chi connectivity index (χ3n) is 3.04. The van der Waals surface area contributed by atoms with E-state index in [4.69, 9.17) is 4.74 Å². The van der Waals surface area contributed by atoms with Gasteiger partial charge in [0.1, 0.15) is 0 Å². The zero-order valence-corrected chi connectivity index (χ0v) is 6.66. The normalized spacial score (nSPS) is 56.5. The van der Waals surface area contributed by atoms with Gasteiger partial charge in [0, 0.05) is 5.92 Å². The second kappa shape index (κ2) is 2.19. The molecule has 0 spiro atoms. The summed E-state index contributed by atoms with van der Waals surface area (Å²) in [7, 11) is 0. The van der Waals surface area contributed by atoms with Gasteiger partial charge in [-0.15, -0.1) is 0 Å². The minimum atomic E-state index is -0.642. The molecule has 2 saturated heterocycles. The van der Waals surface area contributed by atoms with Gasteiger partial charge >= 0.3 is 0 Å². The number of ether oxygens (including phenoxy) is 1. The molecule has 4 unspecified atom stereocenters. The first kappa shape index (κ1) is 7.53. The number of rotatable bonds is 0. The number of hydrogen-bond acceptors (Lipinski definition) is 3. The molecule has 2 bridgehead atoms. The Morgan fingerprint density at radius 3 is 2.55 bits per heavy atom. The minimum Gasteiger partial charge on any atom is -0.390 e. The summed E-state index contributed by atoms with van der Waals surface area (Å²) >= 11 is 0. The Labute approximate surface area is 66.0 Å². The van der Waals surface area contributed by atoms with Crippen molar-refractivity contribution in [3.63, 3.8) is 0 Å². The summed E-state index contributed by atoms with van der Waals surface area (Å²) in [6, 6.07) is 0. The summed E-state index contributed by atoms with van der Waals surface area (Å²) in [6.07, 6.45) is 1.52. The Hall–Kier alpha value is -0.120. The first-order valence-electron chi connectivity index (χ1n) is 4.16. The molecule has 4 atom stereocenters. The molecule has 2 N–H and O–H groups in total. The predicted molar refractivity (Wildman–Crippen MR) is 38.8 cm³/mol. The van der Waals surface area contributed by atoms with E-state index in [1.54, 1.807) is 0 Å². The van der Waals surface area contributed by atoms with E-state index in [0.717, 1.165) is 12.8 Å². The first-order chi connectivity index (χ1) is 5.12. The van der Waals surface area contributed by atoms with Crippen LogP contribution in [0.1, 0.15) is 26.2 Å². The lowest BCUT2D eigenvalue weighted by Gasteiger charge is -2.50. The van der Waals surface area contributed by atoms with Gasteiger partial charge in [0.25, 0.3) is 0 Å². The number of aliphatic hydroxyl groups excluding tert-OH is 2. The molecule has 1 aliphatic carbocycles. The van der Waals surface area contributed by atoms with Crippen molar-refractivity contribution in [3.05, 3.63) is 0 Å². The summed E-state index contributed by atoms with van der Waals surface area (Å²) in [5.41, 5.74) is -0.478. The van der Waals surface area contributed by atoms with Gasteiger partial charge in [-0.2, -0.15) is 0 Å². The van der Waals surface area contributed by atoms with Crippen molar-refractivity contribution in [1.29, 1.82) is 0 Å². The van der Waals surface area contributed by atoms with Crippen LogP contribution in [0, 0.1) is 5.92 Å². The summed E-state index contributed by atoms with van der Waals surface area (Å²) in [4.78, 5) is 0. The highest BCUT2D eigenvalue weighted by molar-refractivity contribution is 4.96. The maximum Gasteiger partial charge on any atom is 0.158 e. The van der Waals surface area contributed by atoms with Crippen molar-refractivity contribution in [3.8, 4) is 0 Å². The van der Waals surface area contributed by atoms with E-state index in [9.17, 15) is 10.2 Å². The SMILES string of the molecule is CC12CCC(CC1O)C(O)O2. The van der Waals surface area contributed by atoms with Crippen molar-refractivity contribution in [1.82, 2.24) is 0 Å². The Bertz CT molecular complexity index is 171. The highest BCUT2D eigenvalue weighted by atomic mass is 16.6. The molecule has 64 valence electrons.